The first-order valence-electron chi connectivity index (χ1n) is 9.18. The summed E-state index contributed by atoms with van der Waals surface area (Å²) < 4.78 is 10.6. The molecule has 1 aromatic rings. The summed E-state index contributed by atoms with van der Waals surface area (Å²) >= 11 is 0. The molecule has 9 nitrogen and oxygen atoms in total. The number of nitrogens with two attached hydrogens (primary N) is 1. The molecule has 29 heavy (non-hydrogen) atoms. The van der Waals surface area contributed by atoms with Crippen LogP contribution in [-0.2, 0) is 19.1 Å². The van der Waals surface area contributed by atoms with E-state index in [0.717, 1.165) is 0 Å². The Bertz CT molecular complexity index is 888. The molecule has 1 unspecified atom stereocenters. The standard InChI is InChI=1S/C20H25N3O6/c1-11(2)29-20(25)17-13(4)22-12(3)16(19(24)28-9-8-21)18(17)14-6-5-7-15(10-14)23(26)27/h5-7,10-11,18,22H,8-9,21H2,1-4H3. The van der Waals surface area contributed by atoms with Gasteiger partial charge in [0.25, 0.3) is 5.69 Å². The fourth-order valence-corrected chi connectivity index (χ4v) is 3.19. The van der Waals surface area contributed by atoms with Gasteiger partial charge >= 0.3 is 11.9 Å². The first kappa shape index (κ1) is 22.1. The number of carbonyl (C=O) groups excluding carboxylic acids is 2. The van der Waals surface area contributed by atoms with E-state index in [9.17, 15) is 19.7 Å². The molecule has 0 saturated carbocycles. The molecule has 1 heterocycles. The Hall–Kier alpha value is -3.20. The van der Waals surface area contributed by atoms with Gasteiger partial charge < -0.3 is 20.5 Å². The van der Waals surface area contributed by atoms with Crippen LogP contribution in [0, 0.1) is 10.1 Å². The third kappa shape index (κ3) is 5.00. The number of allylic oxidation sites excluding steroid dienone is 2. The van der Waals surface area contributed by atoms with E-state index >= 15 is 0 Å². The molecule has 1 aliphatic heterocycles. The average molecular weight is 403 g/mol. The second kappa shape index (κ2) is 9.33. The van der Waals surface area contributed by atoms with Crippen molar-refractivity contribution in [3.8, 4) is 0 Å². The van der Waals surface area contributed by atoms with E-state index in [1.165, 1.54) is 18.2 Å². The summed E-state index contributed by atoms with van der Waals surface area (Å²) in [7, 11) is 0. The van der Waals surface area contributed by atoms with Gasteiger partial charge in [0, 0.05) is 30.1 Å². The lowest BCUT2D eigenvalue weighted by atomic mass is 9.80. The van der Waals surface area contributed by atoms with Crippen LogP contribution in [0.4, 0.5) is 5.69 Å². The number of dihydropyridines is 1. The summed E-state index contributed by atoms with van der Waals surface area (Å²) in [5, 5.41) is 14.3. The second-order valence-corrected chi connectivity index (χ2v) is 6.87. The number of nitrogens with zero attached hydrogens (tertiary/aromatic N) is 1. The first-order chi connectivity index (χ1) is 13.7. The zero-order valence-electron chi connectivity index (χ0n) is 16.9. The van der Waals surface area contributed by atoms with Crippen molar-refractivity contribution in [2.24, 2.45) is 5.73 Å². The van der Waals surface area contributed by atoms with Crippen LogP contribution in [0.1, 0.15) is 39.2 Å². The number of carbonyl (C=O) groups is 2. The number of hydrogen-bond acceptors (Lipinski definition) is 8. The zero-order chi connectivity index (χ0) is 21.7. The molecule has 0 saturated heterocycles. The van der Waals surface area contributed by atoms with E-state index in [2.05, 4.69) is 5.32 Å². The van der Waals surface area contributed by atoms with Gasteiger partial charge in [-0.25, -0.2) is 9.59 Å². The van der Waals surface area contributed by atoms with Gasteiger partial charge in [-0.05, 0) is 33.3 Å². The fraction of sp³-hybridized carbons (Fsp3) is 0.400. The van der Waals surface area contributed by atoms with Crippen molar-refractivity contribution in [3.05, 3.63) is 62.5 Å². The Kier molecular flexibility index (Phi) is 7.11. The highest BCUT2D eigenvalue weighted by molar-refractivity contribution is 6.00. The van der Waals surface area contributed by atoms with Gasteiger partial charge in [0.2, 0.25) is 0 Å². The van der Waals surface area contributed by atoms with Crippen LogP contribution in [0.25, 0.3) is 0 Å². The molecule has 0 aliphatic carbocycles. The van der Waals surface area contributed by atoms with Crippen molar-refractivity contribution in [2.75, 3.05) is 13.2 Å². The van der Waals surface area contributed by atoms with Crippen LogP contribution < -0.4 is 11.1 Å². The molecule has 9 heteroatoms. The summed E-state index contributed by atoms with van der Waals surface area (Å²) in [6.07, 6.45) is -0.381. The molecule has 1 aromatic carbocycles. The maximum atomic E-state index is 12.9. The third-order valence-electron chi connectivity index (χ3n) is 4.31. The smallest absolute Gasteiger partial charge is 0.337 e. The molecule has 0 bridgehead atoms. The number of nitro groups is 1. The zero-order valence-corrected chi connectivity index (χ0v) is 16.9. The van der Waals surface area contributed by atoms with Gasteiger partial charge in [-0.2, -0.15) is 0 Å². The number of nitro benzene ring substituents is 1. The number of ether oxygens (including phenoxy) is 2. The van der Waals surface area contributed by atoms with E-state index in [-0.39, 0.29) is 36.1 Å². The van der Waals surface area contributed by atoms with Gasteiger partial charge in [-0.3, -0.25) is 10.1 Å². The Balaban J connectivity index is 2.65. The Labute approximate surface area is 168 Å². The Morgan fingerprint density at radius 3 is 2.38 bits per heavy atom. The molecule has 0 fully saturated rings. The SMILES string of the molecule is CC1=C(C(=O)OCCN)C(c2cccc([N+](=O)[O-])c2)C(C(=O)OC(C)C)=C(C)N1. The molecule has 0 amide bonds. The molecular weight excluding hydrogens is 378 g/mol. The lowest BCUT2D eigenvalue weighted by Gasteiger charge is -2.30. The molecule has 156 valence electrons. The molecule has 0 radical (unpaired) electrons. The van der Waals surface area contributed by atoms with Crippen LogP contribution in [0.15, 0.2) is 46.8 Å². The molecule has 0 aromatic heterocycles. The average Bonchev–Trinajstić information content (AvgIpc) is 2.64. The highest BCUT2D eigenvalue weighted by Crippen LogP contribution is 2.40. The number of rotatable bonds is 7. The van der Waals surface area contributed by atoms with Crippen molar-refractivity contribution in [3.63, 3.8) is 0 Å². The minimum Gasteiger partial charge on any atom is -0.461 e. The van der Waals surface area contributed by atoms with E-state index in [1.807, 2.05) is 0 Å². The van der Waals surface area contributed by atoms with Crippen LogP contribution in [-0.4, -0.2) is 36.1 Å². The topological polar surface area (TPSA) is 134 Å². The van der Waals surface area contributed by atoms with Gasteiger partial charge in [0.15, 0.2) is 0 Å². The van der Waals surface area contributed by atoms with E-state index in [4.69, 9.17) is 15.2 Å². The van der Waals surface area contributed by atoms with Crippen LogP contribution in [0.5, 0.6) is 0 Å². The fourth-order valence-electron chi connectivity index (χ4n) is 3.19. The predicted octanol–water partition coefficient (Wildman–Crippen LogP) is 2.28. The quantitative estimate of drug-likeness (QED) is 0.402. The largest absolute Gasteiger partial charge is 0.461 e. The third-order valence-corrected chi connectivity index (χ3v) is 4.31. The van der Waals surface area contributed by atoms with Crippen LogP contribution in [0.2, 0.25) is 0 Å². The minimum absolute atomic E-state index is 0.00570. The van der Waals surface area contributed by atoms with Crippen molar-refractivity contribution in [2.45, 2.75) is 39.7 Å². The van der Waals surface area contributed by atoms with Crippen molar-refractivity contribution < 1.29 is 24.0 Å². The molecule has 0 spiro atoms. The maximum Gasteiger partial charge on any atom is 0.337 e. The summed E-state index contributed by atoms with van der Waals surface area (Å²) in [5.41, 5.74) is 7.05. The lowest BCUT2D eigenvalue weighted by molar-refractivity contribution is -0.384. The Morgan fingerprint density at radius 2 is 1.83 bits per heavy atom. The predicted molar refractivity (Wildman–Crippen MR) is 106 cm³/mol. The summed E-state index contributed by atoms with van der Waals surface area (Å²) in [5.74, 6) is -2.15. The molecule has 1 aliphatic rings. The van der Waals surface area contributed by atoms with Gasteiger partial charge in [0.1, 0.15) is 6.61 Å². The number of nitrogens with one attached hydrogen (secondary N) is 1. The number of non-ortho nitro benzene ring substituents is 1. The van der Waals surface area contributed by atoms with Crippen molar-refractivity contribution in [1.82, 2.24) is 5.32 Å². The highest BCUT2D eigenvalue weighted by atomic mass is 16.6. The van der Waals surface area contributed by atoms with Gasteiger partial charge in [-0.15, -0.1) is 0 Å². The normalized spacial score (nSPS) is 16.6. The highest BCUT2D eigenvalue weighted by Gasteiger charge is 2.38. The summed E-state index contributed by atoms with van der Waals surface area (Å²) in [4.78, 5) is 36.4. The number of esters is 2. The first-order valence-corrected chi connectivity index (χ1v) is 9.18. The minimum atomic E-state index is -0.882. The van der Waals surface area contributed by atoms with Crippen molar-refractivity contribution >= 4 is 17.6 Å². The molecule has 2 rings (SSSR count). The molecular formula is C20H25N3O6. The lowest BCUT2D eigenvalue weighted by Crippen LogP contribution is -2.33. The number of benzene rings is 1. The van der Waals surface area contributed by atoms with Crippen LogP contribution in [0.3, 0.4) is 0 Å². The second-order valence-electron chi connectivity index (χ2n) is 6.87. The Morgan fingerprint density at radius 1 is 1.21 bits per heavy atom. The van der Waals surface area contributed by atoms with Gasteiger partial charge in [-0.1, -0.05) is 12.1 Å². The maximum absolute atomic E-state index is 12.9. The monoisotopic (exact) mass is 403 g/mol. The van der Waals surface area contributed by atoms with E-state index in [0.29, 0.717) is 17.0 Å². The summed E-state index contributed by atoms with van der Waals surface area (Å²) in [6.45, 7) is 6.94. The number of hydrogen-bond donors (Lipinski definition) is 2. The van der Waals surface area contributed by atoms with Gasteiger partial charge in [0.05, 0.1) is 28.1 Å². The van der Waals surface area contributed by atoms with Crippen LogP contribution >= 0.6 is 0 Å². The summed E-state index contributed by atoms with van der Waals surface area (Å²) in [6, 6.07) is 5.82. The van der Waals surface area contributed by atoms with E-state index in [1.54, 1.807) is 33.8 Å². The van der Waals surface area contributed by atoms with E-state index < -0.39 is 22.8 Å². The van der Waals surface area contributed by atoms with Crippen molar-refractivity contribution in [1.29, 1.82) is 0 Å². The molecule has 1 atom stereocenters. The molecule has 3 N–H and O–H groups in total.